The third-order valence-electron chi connectivity index (χ3n) is 6.80. The Balaban J connectivity index is 1.34. The molecular weight excluding hydrogens is 607 g/mol. The van der Waals surface area contributed by atoms with E-state index in [9.17, 15) is 22.8 Å². The average Bonchev–Trinajstić information content (AvgIpc) is 3.45. The first kappa shape index (κ1) is 32.4. The summed E-state index contributed by atoms with van der Waals surface area (Å²) in [6.45, 7) is 5.02. The van der Waals surface area contributed by atoms with E-state index in [0.717, 1.165) is 16.7 Å². The summed E-state index contributed by atoms with van der Waals surface area (Å²) in [4.78, 5) is 43.7. The first-order chi connectivity index (χ1) is 20.5. The van der Waals surface area contributed by atoms with Gasteiger partial charge in [0.1, 0.15) is 4.70 Å². The Morgan fingerprint density at radius 3 is 2.42 bits per heavy atom. The van der Waals surface area contributed by atoms with Gasteiger partial charge in [-0.1, -0.05) is 60.6 Å². The molecule has 0 unspecified atom stereocenters. The third kappa shape index (κ3) is 8.99. The van der Waals surface area contributed by atoms with Crippen molar-refractivity contribution in [1.82, 2.24) is 20.2 Å². The van der Waals surface area contributed by atoms with E-state index in [1.54, 1.807) is 22.8 Å². The normalized spacial score (nSPS) is 12.3. The van der Waals surface area contributed by atoms with Crippen LogP contribution < -0.4 is 21.3 Å². The van der Waals surface area contributed by atoms with Gasteiger partial charge in [0, 0.05) is 26.1 Å². The number of aromatic nitrogens is 2. The summed E-state index contributed by atoms with van der Waals surface area (Å²) in [5, 5.41) is 12.8. The lowest BCUT2D eigenvalue weighted by Gasteiger charge is -2.17. The zero-order chi connectivity index (χ0) is 31.0. The van der Waals surface area contributed by atoms with Gasteiger partial charge in [-0.2, -0.15) is 0 Å². The van der Waals surface area contributed by atoms with E-state index < -0.39 is 15.3 Å². The Kier molecular flexibility index (Phi) is 11.1. The molecule has 0 fully saturated rings. The number of fused-ring (bicyclic) bond motifs is 1. The van der Waals surface area contributed by atoms with Crippen LogP contribution in [0.2, 0.25) is 0 Å². The van der Waals surface area contributed by atoms with Crippen LogP contribution in [0.15, 0.2) is 74.8 Å². The van der Waals surface area contributed by atoms with Crippen molar-refractivity contribution in [2.24, 2.45) is 5.14 Å². The highest BCUT2D eigenvalue weighted by Gasteiger charge is 2.22. The predicted octanol–water partition coefficient (Wildman–Crippen LogP) is 3.74. The van der Waals surface area contributed by atoms with Crippen molar-refractivity contribution < 1.29 is 18.0 Å². The van der Waals surface area contributed by atoms with Gasteiger partial charge in [-0.3, -0.25) is 19.0 Å². The molecule has 1 atom stereocenters. The second-order valence-corrected chi connectivity index (χ2v) is 13.7. The largest absolute Gasteiger partial charge is 0.356 e. The first-order valence-corrected chi connectivity index (χ1v) is 17.2. The van der Waals surface area contributed by atoms with Gasteiger partial charge in [-0.15, -0.1) is 11.3 Å². The van der Waals surface area contributed by atoms with Crippen molar-refractivity contribution in [3.63, 3.8) is 0 Å². The highest BCUT2D eigenvalue weighted by atomic mass is 32.2. The minimum Gasteiger partial charge on any atom is -0.356 e. The van der Waals surface area contributed by atoms with Crippen LogP contribution in [0.3, 0.4) is 0 Å². The number of hydrogen-bond acceptors (Lipinski definition) is 8. The summed E-state index contributed by atoms with van der Waals surface area (Å²) in [6, 6.07) is 16.0. The van der Waals surface area contributed by atoms with Crippen molar-refractivity contribution in [3.8, 4) is 0 Å². The fourth-order valence-corrected chi connectivity index (χ4v) is 6.71. The van der Waals surface area contributed by atoms with Gasteiger partial charge in [0.25, 0.3) is 5.56 Å². The number of sulfonamides is 1. The molecule has 0 aliphatic rings. The number of benzene rings is 2. The van der Waals surface area contributed by atoms with Gasteiger partial charge >= 0.3 is 0 Å². The SMILES string of the molecule is CC[C@H](Sc1nc2ccsc2c(=O)n1CCCC(=O)NCCc1ccc(S(N)(=O)=O)cc1)C(=O)NCc1ccc(C)cc1. The molecule has 4 N–H and O–H groups in total. The van der Waals surface area contributed by atoms with E-state index in [1.165, 1.54) is 35.2 Å². The summed E-state index contributed by atoms with van der Waals surface area (Å²) >= 11 is 2.59. The molecule has 4 aromatic rings. The minimum atomic E-state index is -3.75. The van der Waals surface area contributed by atoms with Gasteiger partial charge in [-0.25, -0.2) is 18.5 Å². The molecule has 0 spiro atoms. The van der Waals surface area contributed by atoms with Gasteiger partial charge in [0.2, 0.25) is 21.8 Å². The van der Waals surface area contributed by atoms with E-state index in [2.05, 4.69) is 10.6 Å². The molecule has 43 heavy (non-hydrogen) atoms. The third-order valence-corrected chi connectivity index (χ3v) is 9.98. The number of carbonyl (C=O) groups excluding carboxylic acids is 2. The molecule has 10 nitrogen and oxygen atoms in total. The van der Waals surface area contributed by atoms with Crippen LogP contribution in [0.4, 0.5) is 0 Å². The molecular formula is C30H35N5O5S3. The average molecular weight is 642 g/mol. The number of rotatable bonds is 14. The van der Waals surface area contributed by atoms with Crippen LogP contribution in [0.5, 0.6) is 0 Å². The predicted molar refractivity (Wildman–Crippen MR) is 171 cm³/mol. The highest BCUT2D eigenvalue weighted by molar-refractivity contribution is 8.00. The lowest BCUT2D eigenvalue weighted by atomic mass is 10.1. The Morgan fingerprint density at radius 2 is 1.74 bits per heavy atom. The highest BCUT2D eigenvalue weighted by Crippen LogP contribution is 2.26. The fraction of sp³-hybridized carbons (Fsp3) is 0.333. The number of nitrogens with two attached hydrogens (primary N) is 1. The number of hydrogen-bond donors (Lipinski definition) is 3. The lowest BCUT2D eigenvalue weighted by molar-refractivity contribution is -0.121. The number of nitrogens with zero attached hydrogens (tertiary/aromatic N) is 2. The maximum atomic E-state index is 13.4. The molecule has 13 heteroatoms. The second kappa shape index (κ2) is 14.8. The number of thioether (sulfide) groups is 1. The Morgan fingerprint density at radius 1 is 1.05 bits per heavy atom. The Labute approximate surface area is 259 Å². The smallest absolute Gasteiger partial charge is 0.272 e. The summed E-state index contributed by atoms with van der Waals surface area (Å²) in [6.07, 6.45) is 1.70. The topological polar surface area (TPSA) is 153 Å². The van der Waals surface area contributed by atoms with Crippen molar-refractivity contribution in [2.75, 3.05) is 6.54 Å². The van der Waals surface area contributed by atoms with Crippen molar-refractivity contribution in [2.45, 2.75) is 67.9 Å². The van der Waals surface area contributed by atoms with Crippen LogP contribution in [0.1, 0.15) is 42.9 Å². The standard InChI is InChI=1S/C30H35N5O5S3/c1-3-25(28(37)33-19-22-8-6-20(2)7-9-22)42-30-34-24-15-18-41-27(24)29(38)35(30)17-4-5-26(36)32-16-14-21-10-12-23(13-11-21)43(31,39)40/h6-13,15,18,25H,3-5,14,16-17,19H2,1-2H3,(H,32,36)(H,33,37)(H2,31,39,40)/t25-/m0/s1. The molecule has 0 bridgehead atoms. The Bertz CT molecular complexity index is 1730. The molecule has 2 amide bonds. The molecule has 228 valence electrons. The Hall–Kier alpha value is -3.52. The number of primary sulfonamides is 1. The van der Waals surface area contributed by atoms with Crippen molar-refractivity contribution in [3.05, 3.63) is 87.0 Å². The molecule has 0 radical (unpaired) electrons. The summed E-state index contributed by atoms with van der Waals surface area (Å²) in [5.74, 6) is -0.284. The van der Waals surface area contributed by atoms with Crippen LogP contribution in [0, 0.1) is 6.92 Å². The van der Waals surface area contributed by atoms with E-state index in [4.69, 9.17) is 10.1 Å². The lowest BCUT2D eigenvalue weighted by Crippen LogP contribution is -2.33. The van der Waals surface area contributed by atoms with Crippen molar-refractivity contribution in [1.29, 1.82) is 0 Å². The molecule has 4 rings (SSSR count). The number of nitrogens with one attached hydrogen (secondary N) is 2. The van der Waals surface area contributed by atoms with Crippen molar-refractivity contribution >= 4 is 55.2 Å². The quantitative estimate of drug-likeness (QED) is 0.140. The second-order valence-electron chi connectivity index (χ2n) is 10.1. The van der Waals surface area contributed by atoms with E-state index >= 15 is 0 Å². The molecule has 2 aromatic heterocycles. The van der Waals surface area contributed by atoms with E-state index in [1.807, 2.05) is 43.5 Å². The van der Waals surface area contributed by atoms with E-state index in [0.29, 0.717) is 47.7 Å². The summed E-state index contributed by atoms with van der Waals surface area (Å²) in [5.41, 5.74) is 3.44. The molecule has 0 saturated carbocycles. The number of amides is 2. The van der Waals surface area contributed by atoms with Crippen LogP contribution in [-0.2, 0) is 39.1 Å². The minimum absolute atomic E-state index is 0.0384. The van der Waals surface area contributed by atoms with Gasteiger partial charge < -0.3 is 10.6 Å². The summed E-state index contributed by atoms with van der Waals surface area (Å²) in [7, 11) is -3.75. The molecule has 2 aromatic carbocycles. The van der Waals surface area contributed by atoms with Gasteiger partial charge in [0.15, 0.2) is 5.16 Å². The van der Waals surface area contributed by atoms with Gasteiger partial charge in [0.05, 0.1) is 15.7 Å². The zero-order valence-electron chi connectivity index (χ0n) is 24.0. The monoisotopic (exact) mass is 641 g/mol. The number of carbonyl (C=O) groups is 2. The van der Waals surface area contributed by atoms with Crippen LogP contribution in [-0.4, -0.2) is 41.6 Å². The zero-order valence-corrected chi connectivity index (χ0v) is 26.5. The van der Waals surface area contributed by atoms with Gasteiger partial charge in [-0.05, 0) is 60.9 Å². The molecule has 2 heterocycles. The number of aryl methyl sites for hydroxylation is 1. The molecule has 0 saturated heterocycles. The van der Waals surface area contributed by atoms with Crippen LogP contribution >= 0.6 is 23.1 Å². The molecule has 0 aliphatic carbocycles. The number of thiophene rings is 1. The maximum Gasteiger partial charge on any atom is 0.272 e. The fourth-order valence-electron chi connectivity index (χ4n) is 4.35. The summed E-state index contributed by atoms with van der Waals surface area (Å²) < 4.78 is 24.9. The first-order valence-electron chi connectivity index (χ1n) is 13.9. The maximum absolute atomic E-state index is 13.4. The molecule has 0 aliphatic heterocycles. The van der Waals surface area contributed by atoms with Crippen LogP contribution in [0.25, 0.3) is 10.2 Å². The van der Waals surface area contributed by atoms with E-state index in [-0.39, 0.29) is 35.2 Å².